The number of nitrogens with one attached hydrogen (secondary N) is 2. The van der Waals surface area contributed by atoms with E-state index in [1.54, 1.807) is 25.3 Å². The topological polar surface area (TPSA) is 83.1 Å². The van der Waals surface area contributed by atoms with Gasteiger partial charge in [0.25, 0.3) is 0 Å². The summed E-state index contributed by atoms with van der Waals surface area (Å²) >= 11 is 0. The predicted octanol–water partition coefficient (Wildman–Crippen LogP) is 2.59. The minimum atomic E-state index is -0.710. The smallest absolute Gasteiger partial charge is 0.313 e. The molecule has 33 heavy (non-hydrogen) atoms. The number of fused-ring (bicyclic) bond motifs is 1. The summed E-state index contributed by atoms with van der Waals surface area (Å²) < 4.78 is 10.5. The molecule has 2 aromatic rings. The van der Waals surface area contributed by atoms with Crippen LogP contribution in [0.15, 0.2) is 36.4 Å². The van der Waals surface area contributed by atoms with Gasteiger partial charge in [-0.3, -0.25) is 14.5 Å². The maximum absolute atomic E-state index is 12.6. The number of likely N-dealkylation sites (tertiary alicyclic amines) is 1. The highest BCUT2D eigenvalue weighted by Gasteiger charge is 2.27. The molecule has 2 heterocycles. The van der Waals surface area contributed by atoms with Crippen molar-refractivity contribution in [2.75, 3.05) is 57.7 Å². The van der Waals surface area contributed by atoms with E-state index < -0.39 is 11.8 Å². The first-order valence-electron chi connectivity index (χ1n) is 11.4. The van der Waals surface area contributed by atoms with Gasteiger partial charge < -0.3 is 25.0 Å². The second-order valence-electron chi connectivity index (χ2n) is 8.55. The Bertz CT molecular complexity index is 1020. The monoisotopic (exact) mass is 452 g/mol. The fraction of sp³-hybridized carbons (Fsp3) is 0.440. The molecule has 2 aliphatic heterocycles. The molecule has 2 amide bonds. The lowest BCUT2D eigenvalue weighted by atomic mass is 10.0. The van der Waals surface area contributed by atoms with Crippen molar-refractivity contribution in [2.45, 2.75) is 25.3 Å². The summed E-state index contributed by atoms with van der Waals surface area (Å²) in [5.74, 6) is -0.339. The molecule has 0 aliphatic carbocycles. The first-order chi connectivity index (χ1) is 16.0. The van der Waals surface area contributed by atoms with E-state index in [-0.39, 0.29) is 6.04 Å². The second-order valence-corrected chi connectivity index (χ2v) is 8.55. The van der Waals surface area contributed by atoms with Crippen LogP contribution < -0.4 is 25.0 Å². The molecular formula is C25H32N4O4. The quantitative estimate of drug-likeness (QED) is 0.629. The standard InChI is InChI=1S/C25H32N4O4/c1-28-13-10-18-14-17(6-8-20(18)28)21(29-11-4-5-12-29)16-26-24(30)25(31)27-19-7-9-22(32-2)23(15-19)33-3/h6-9,14-15,21H,4-5,10-13,16H2,1-3H3,(H,26,30)(H,27,31). The lowest BCUT2D eigenvalue weighted by Gasteiger charge is -2.28. The van der Waals surface area contributed by atoms with Gasteiger partial charge >= 0.3 is 11.8 Å². The number of carbonyl (C=O) groups excluding carboxylic acids is 2. The number of benzene rings is 2. The first-order valence-corrected chi connectivity index (χ1v) is 11.4. The molecule has 0 radical (unpaired) electrons. The van der Waals surface area contributed by atoms with E-state index in [0.29, 0.717) is 23.7 Å². The summed E-state index contributed by atoms with van der Waals surface area (Å²) in [6.07, 6.45) is 3.34. The number of rotatable bonds is 7. The summed E-state index contributed by atoms with van der Waals surface area (Å²) in [5.41, 5.74) is 4.27. The minimum Gasteiger partial charge on any atom is -0.493 e. The summed E-state index contributed by atoms with van der Waals surface area (Å²) in [7, 11) is 5.17. The van der Waals surface area contributed by atoms with Gasteiger partial charge in [0.1, 0.15) is 0 Å². The SMILES string of the molecule is COc1ccc(NC(=O)C(=O)NCC(c2ccc3c(c2)CCN3C)N2CCCC2)cc1OC. The van der Waals surface area contributed by atoms with Crippen LogP contribution in [-0.2, 0) is 16.0 Å². The van der Waals surface area contributed by atoms with Crippen LogP contribution in [0.5, 0.6) is 11.5 Å². The number of methoxy groups -OCH3 is 2. The molecule has 2 aliphatic rings. The van der Waals surface area contributed by atoms with Crippen molar-refractivity contribution in [2.24, 2.45) is 0 Å². The number of carbonyl (C=O) groups is 2. The van der Waals surface area contributed by atoms with Gasteiger partial charge in [-0.25, -0.2) is 0 Å². The molecule has 0 aromatic heterocycles. The number of hydrogen-bond donors (Lipinski definition) is 2. The normalized spacial score (nSPS) is 16.3. The molecule has 4 rings (SSSR count). The Balaban J connectivity index is 1.42. The van der Waals surface area contributed by atoms with Gasteiger partial charge in [-0.15, -0.1) is 0 Å². The van der Waals surface area contributed by atoms with Crippen molar-refractivity contribution in [3.63, 3.8) is 0 Å². The molecule has 1 unspecified atom stereocenters. The number of likely N-dealkylation sites (N-methyl/N-ethyl adjacent to an activating group) is 1. The van der Waals surface area contributed by atoms with Gasteiger partial charge in [-0.05, 0) is 61.7 Å². The molecule has 1 saturated heterocycles. The zero-order valence-electron chi connectivity index (χ0n) is 19.5. The van der Waals surface area contributed by atoms with Crippen molar-refractivity contribution < 1.29 is 19.1 Å². The highest BCUT2D eigenvalue weighted by Crippen LogP contribution is 2.32. The highest BCUT2D eigenvalue weighted by atomic mass is 16.5. The maximum atomic E-state index is 12.6. The summed E-state index contributed by atoms with van der Waals surface area (Å²) in [5, 5.41) is 5.48. The summed E-state index contributed by atoms with van der Waals surface area (Å²) in [6, 6.07) is 11.6. The third kappa shape index (κ3) is 5.06. The Morgan fingerprint density at radius 1 is 0.970 bits per heavy atom. The van der Waals surface area contributed by atoms with Gasteiger partial charge in [0.2, 0.25) is 0 Å². The largest absolute Gasteiger partial charge is 0.493 e. The Morgan fingerprint density at radius 2 is 1.73 bits per heavy atom. The predicted molar refractivity (Wildman–Crippen MR) is 128 cm³/mol. The molecule has 2 N–H and O–H groups in total. The van der Waals surface area contributed by atoms with Crippen LogP contribution in [0, 0.1) is 0 Å². The van der Waals surface area contributed by atoms with E-state index in [9.17, 15) is 9.59 Å². The van der Waals surface area contributed by atoms with Gasteiger partial charge in [0.05, 0.1) is 20.3 Å². The lowest BCUT2D eigenvalue weighted by molar-refractivity contribution is -0.136. The third-order valence-corrected chi connectivity index (χ3v) is 6.50. The molecule has 0 spiro atoms. The molecule has 2 aromatic carbocycles. The zero-order chi connectivity index (χ0) is 23.4. The number of hydrogen-bond acceptors (Lipinski definition) is 6. The molecule has 1 atom stereocenters. The highest BCUT2D eigenvalue weighted by molar-refractivity contribution is 6.39. The Kier molecular flexibility index (Phi) is 7.03. The van der Waals surface area contributed by atoms with Crippen molar-refractivity contribution in [1.29, 1.82) is 0 Å². The average Bonchev–Trinajstić information content (AvgIpc) is 3.49. The fourth-order valence-corrected chi connectivity index (χ4v) is 4.68. The fourth-order valence-electron chi connectivity index (χ4n) is 4.68. The zero-order valence-corrected chi connectivity index (χ0v) is 19.5. The van der Waals surface area contributed by atoms with Crippen LogP contribution in [0.1, 0.15) is 30.0 Å². The van der Waals surface area contributed by atoms with Crippen LogP contribution in [-0.4, -0.2) is 64.2 Å². The maximum Gasteiger partial charge on any atom is 0.313 e. The number of amides is 2. The minimum absolute atomic E-state index is 0.0431. The van der Waals surface area contributed by atoms with Gasteiger partial charge in [0.15, 0.2) is 11.5 Å². The van der Waals surface area contributed by atoms with Crippen LogP contribution in [0.4, 0.5) is 11.4 Å². The molecular weight excluding hydrogens is 420 g/mol. The van der Waals surface area contributed by atoms with Crippen molar-refractivity contribution in [3.05, 3.63) is 47.5 Å². The molecule has 0 saturated carbocycles. The Labute approximate surface area is 194 Å². The number of anilines is 2. The van der Waals surface area contributed by atoms with E-state index in [1.165, 1.54) is 23.9 Å². The van der Waals surface area contributed by atoms with E-state index in [1.807, 2.05) is 0 Å². The van der Waals surface area contributed by atoms with Gasteiger partial charge in [-0.1, -0.05) is 12.1 Å². The van der Waals surface area contributed by atoms with E-state index in [4.69, 9.17) is 9.47 Å². The lowest BCUT2D eigenvalue weighted by Crippen LogP contribution is -2.41. The van der Waals surface area contributed by atoms with E-state index in [0.717, 1.165) is 38.9 Å². The third-order valence-electron chi connectivity index (χ3n) is 6.50. The van der Waals surface area contributed by atoms with Crippen molar-refractivity contribution in [3.8, 4) is 11.5 Å². The van der Waals surface area contributed by atoms with Crippen LogP contribution >= 0.6 is 0 Å². The summed E-state index contributed by atoms with van der Waals surface area (Å²) in [4.78, 5) is 29.8. The van der Waals surface area contributed by atoms with Crippen LogP contribution in [0.2, 0.25) is 0 Å². The first kappa shape index (κ1) is 22.9. The number of nitrogens with zero attached hydrogens (tertiary/aromatic N) is 2. The molecule has 0 bridgehead atoms. The Morgan fingerprint density at radius 3 is 2.45 bits per heavy atom. The van der Waals surface area contributed by atoms with E-state index >= 15 is 0 Å². The van der Waals surface area contributed by atoms with Crippen LogP contribution in [0.25, 0.3) is 0 Å². The molecule has 8 heteroatoms. The average molecular weight is 453 g/mol. The van der Waals surface area contributed by atoms with Crippen molar-refractivity contribution in [1.82, 2.24) is 10.2 Å². The Hall–Kier alpha value is -3.26. The number of ether oxygens (including phenoxy) is 2. The summed E-state index contributed by atoms with van der Waals surface area (Å²) in [6.45, 7) is 3.40. The second kappa shape index (κ2) is 10.1. The molecule has 8 nitrogen and oxygen atoms in total. The van der Waals surface area contributed by atoms with Gasteiger partial charge in [0, 0.05) is 37.6 Å². The molecule has 1 fully saturated rings. The van der Waals surface area contributed by atoms with Crippen molar-refractivity contribution >= 4 is 23.2 Å². The van der Waals surface area contributed by atoms with Crippen LogP contribution in [0.3, 0.4) is 0 Å². The molecule has 176 valence electrons. The van der Waals surface area contributed by atoms with Gasteiger partial charge in [-0.2, -0.15) is 0 Å². The van der Waals surface area contributed by atoms with E-state index in [2.05, 4.69) is 45.7 Å².